The van der Waals surface area contributed by atoms with Crippen LogP contribution in [-0.4, -0.2) is 27.7 Å². The first-order chi connectivity index (χ1) is 11.4. The molecule has 3 rings (SSSR count). The Morgan fingerprint density at radius 3 is 2.46 bits per heavy atom. The number of rotatable bonds is 4. The van der Waals surface area contributed by atoms with E-state index in [9.17, 15) is 18.4 Å². The van der Waals surface area contributed by atoms with E-state index >= 15 is 0 Å². The summed E-state index contributed by atoms with van der Waals surface area (Å²) in [5, 5.41) is 5.13. The predicted molar refractivity (Wildman–Crippen MR) is 85.8 cm³/mol. The lowest BCUT2D eigenvalue weighted by Gasteiger charge is -2.29. The number of halogens is 2. The van der Waals surface area contributed by atoms with Gasteiger partial charge in [-0.15, -0.1) is 0 Å². The van der Waals surface area contributed by atoms with Crippen molar-refractivity contribution < 1.29 is 13.6 Å². The highest BCUT2D eigenvalue weighted by molar-refractivity contribution is 5.92. The summed E-state index contributed by atoms with van der Waals surface area (Å²) in [7, 11) is 0. The van der Waals surface area contributed by atoms with E-state index in [-0.39, 0.29) is 18.5 Å². The van der Waals surface area contributed by atoms with Gasteiger partial charge in [0.25, 0.3) is 17.9 Å². The molecule has 1 aromatic heterocycles. The van der Waals surface area contributed by atoms with E-state index in [0.717, 1.165) is 11.6 Å². The molecule has 0 bridgehead atoms. The molecule has 0 saturated heterocycles. The van der Waals surface area contributed by atoms with Gasteiger partial charge in [-0.05, 0) is 31.9 Å². The molecule has 1 fully saturated rings. The van der Waals surface area contributed by atoms with Gasteiger partial charge in [0.05, 0.1) is 5.69 Å². The second-order valence-electron chi connectivity index (χ2n) is 6.30. The SMILES string of the molecule is Cc1ccc(-n2[nH]c(C(=O)NC3(C(F)F)CCCC3)cc2=O)cc1. The molecule has 1 heterocycles. The van der Waals surface area contributed by atoms with E-state index in [0.29, 0.717) is 18.5 Å². The van der Waals surface area contributed by atoms with Crippen molar-refractivity contribution in [2.75, 3.05) is 0 Å². The van der Waals surface area contributed by atoms with Crippen LogP contribution in [0.1, 0.15) is 41.7 Å². The minimum Gasteiger partial charge on any atom is -0.340 e. The molecular formula is C17H19F2N3O2. The second-order valence-corrected chi connectivity index (χ2v) is 6.30. The van der Waals surface area contributed by atoms with Gasteiger partial charge in [0.1, 0.15) is 11.2 Å². The summed E-state index contributed by atoms with van der Waals surface area (Å²) in [5.41, 5.74) is -0.306. The van der Waals surface area contributed by atoms with Gasteiger partial charge in [0.2, 0.25) is 0 Å². The van der Waals surface area contributed by atoms with E-state index in [1.807, 2.05) is 19.1 Å². The standard InChI is InChI=1S/C17H19F2N3O2/c1-11-4-6-12(7-5-11)22-14(23)10-13(21-22)15(24)20-17(16(18)19)8-2-3-9-17/h4-7,10,16,21H,2-3,8-9H2,1H3,(H,20,24). The number of aromatic amines is 1. The second kappa shape index (κ2) is 6.22. The quantitative estimate of drug-likeness (QED) is 0.902. The van der Waals surface area contributed by atoms with Crippen molar-refractivity contribution in [3.05, 3.63) is 51.9 Å². The first kappa shape index (κ1) is 16.4. The molecule has 0 atom stereocenters. The summed E-state index contributed by atoms with van der Waals surface area (Å²) in [6.07, 6.45) is -0.815. The normalized spacial score (nSPS) is 16.5. The Bertz CT molecular complexity index is 787. The number of aromatic nitrogens is 2. The van der Waals surface area contributed by atoms with E-state index in [1.54, 1.807) is 12.1 Å². The van der Waals surface area contributed by atoms with E-state index in [2.05, 4.69) is 10.4 Å². The summed E-state index contributed by atoms with van der Waals surface area (Å²) >= 11 is 0. The van der Waals surface area contributed by atoms with Gasteiger partial charge in [0.15, 0.2) is 0 Å². The van der Waals surface area contributed by atoms with Crippen molar-refractivity contribution in [3.8, 4) is 5.69 Å². The fraction of sp³-hybridized carbons (Fsp3) is 0.412. The van der Waals surface area contributed by atoms with Crippen LogP contribution in [0.5, 0.6) is 0 Å². The monoisotopic (exact) mass is 335 g/mol. The lowest BCUT2D eigenvalue weighted by atomic mass is 9.98. The van der Waals surface area contributed by atoms with Gasteiger partial charge < -0.3 is 5.32 Å². The number of aryl methyl sites for hydroxylation is 1. The molecule has 128 valence electrons. The van der Waals surface area contributed by atoms with E-state index < -0.39 is 23.4 Å². The number of hydrogen-bond acceptors (Lipinski definition) is 2. The highest BCUT2D eigenvalue weighted by Crippen LogP contribution is 2.35. The molecule has 1 aliphatic carbocycles. The summed E-state index contributed by atoms with van der Waals surface area (Å²) in [4.78, 5) is 24.4. The highest BCUT2D eigenvalue weighted by Gasteiger charge is 2.44. The van der Waals surface area contributed by atoms with Crippen LogP contribution in [0.2, 0.25) is 0 Å². The summed E-state index contributed by atoms with van der Waals surface area (Å²) in [6, 6.07) is 8.29. The molecule has 1 amide bonds. The Hall–Kier alpha value is -2.44. The van der Waals surface area contributed by atoms with Crippen LogP contribution in [0.4, 0.5) is 8.78 Å². The molecule has 24 heavy (non-hydrogen) atoms. The van der Waals surface area contributed by atoms with Crippen LogP contribution >= 0.6 is 0 Å². The number of H-pyrrole nitrogens is 1. The van der Waals surface area contributed by atoms with Gasteiger partial charge in [-0.25, -0.2) is 13.5 Å². The van der Waals surface area contributed by atoms with Crippen LogP contribution < -0.4 is 10.9 Å². The van der Waals surface area contributed by atoms with Crippen LogP contribution in [0.15, 0.2) is 35.1 Å². The van der Waals surface area contributed by atoms with E-state index in [1.165, 1.54) is 4.68 Å². The molecule has 2 N–H and O–H groups in total. The Kier molecular flexibility index (Phi) is 4.26. The Morgan fingerprint density at radius 1 is 1.25 bits per heavy atom. The minimum absolute atomic E-state index is 0.0208. The molecular weight excluding hydrogens is 316 g/mol. The number of carbonyl (C=O) groups excluding carboxylic acids is 1. The third-order valence-electron chi connectivity index (χ3n) is 4.53. The molecule has 0 spiro atoms. The molecule has 0 unspecified atom stereocenters. The van der Waals surface area contributed by atoms with Gasteiger partial charge >= 0.3 is 0 Å². The maximum absolute atomic E-state index is 13.4. The Balaban J connectivity index is 1.85. The minimum atomic E-state index is -2.63. The number of carbonyl (C=O) groups is 1. The van der Waals surface area contributed by atoms with Gasteiger partial charge in [0, 0.05) is 6.07 Å². The molecule has 7 heteroatoms. The zero-order valence-corrected chi connectivity index (χ0v) is 13.3. The molecule has 1 aliphatic rings. The number of alkyl halides is 2. The largest absolute Gasteiger partial charge is 0.340 e. The fourth-order valence-electron chi connectivity index (χ4n) is 3.09. The van der Waals surface area contributed by atoms with Crippen molar-refractivity contribution in [1.82, 2.24) is 15.1 Å². The first-order valence-corrected chi connectivity index (χ1v) is 7.91. The Morgan fingerprint density at radius 2 is 1.88 bits per heavy atom. The van der Waals surface area contributed by atoms with Crippen molar-refractivity contribution in [2.24, 2.45) is 0 Å². The van der Waals surface area contributed by atoms with Gasteiger partial charge in [-0.3, -0.25) is 14.7 Å². The molecule has 0 radical (unpaired) electrons. The number of nitrogens with zero attached hydrogens (tertiary/aromatic N) is 1. The molecule has 1 saturated carbocycles. The van der Waals surface area contributed by atoms with Gasteiger partial charge in [-0.1, -0.05) is 30.5 Å². The average Bonchev–Trinajstić information content (AvgIpc) is 3.16. The maximum atomic E-state index is 13.4. The van der Waals surface area contributed by atoms with E-state index in [4.69, 9.17) is 0 Å². The van der Waals surface area contributed by atoms with Crippen LogP contribution in [0.3, 0.4) is 0 Å². The lowest BCUT2D eigenvalue weighted by molar-refractivity contribution is 0.0302. The van der Waals surface area contributed by atoms with Gasteiger partial charge in [-0.2, -0.15) is 0 Å². The zero-order valence-electron chi connectivity index (χ0n) is 13.3. The maximum Gasteiger partial charge on any atom is 0.271 e. The first-order valence-electron chi connectivity index (χ1n) is 7.91. The molecule has 0 aliphatic heterocycles. The van der Waals surface area contributed by atoms with Crippen LogP contribution in [0, 0.1) is 6.92 Å². The van der Waals surface area contributed by atoms with Crippen molar-refractivity contribution in [3.63, 3.8) is 0 Å². The smallest absolute Gasteiger partial charge is 0.271 e. The average molecular weight is 335 g/mol. The van der Waals surface area contributed by atoms with Crippen LogP contribution in [0.25, 0.3) is 5.69 Å². The molecule has 2 aromatic rings. The van der Waals surface area contributed by atoms with Crippen molar-refractivity contribution >= 4 is 5.91 Å². The topological polar surface area (TPSA) is 66.9 Å². The molecule has 5 nitrogen and oxygen atoms in total. The number of nitrogens with one attached hydrogen (secondary N) is 2. The third kappa shape index (κ3) is 2.98. The fourth-order valence-corrected chi connectivity index (χ4v) is 3.09. The summed E-state index contributed by atoms with van der Waals surface area (Å²) in [5.74, 6) is -0.680. The lowest BCUT2D eigenvalue weighted by Crippen LogP contribution is -2.51. The Labute approximate surface area is 137 Å². The summed E-state index contributed by atoms with van der Waals surface area (Å²) < 4.78 is 28.0. The third-order valence-corrected chi connectivity index (χ3v) is 4.53. The van der Waals surface area contributed by atoms with Crippen LogP contribution in [-0.2, 0) is 0 Å². The number of amides is 1. The predicted octanol–water partition coefficient (Wildman–Crippen LogP) is 2.78. The summed E-state index contributed by atoms with van der Waals surface area (Å²) in [6.45, 7) is 1.92. The number of benzene rings is 1. The molecule has 1 aromatic carbocycles. The van der Waals surface area contributed by atoms with Crippen molar-refractivity contribution in [2.45, 2.75) is 44.6 Å². The highest BCUT2D eigenvalue weighted by atomic mass is 19.3. The number of hydrogen-bond donors (Lipinski definition) is 2. The van der Waals surface area contributed by atoms with Crippen molar-refractivity contribution in [1.29, 1.82) is 0 Å². The zero-order chi connectivity index (χ0) is 17.3.